The normalized spacial score (nSPS) is 11.2. The minimum Gasteiger partial charge on any atom is -0.469 e. The molecule has 59 nitrogen and oxygen atoms in total. The molecule has 6 heterocycles. The number of aromatic nitrogens is 18. The minimum absolute atomic E-state index is 0.00859. The van der Waals surface area contributed by atoms with E-state index in [0.717, 1.165) is 40.8 Å². The van der Waals surface area contributed by atoms with Gasteiger partial charge in [0.25, 0.3) is 0 Å². The van der Waals surface area contributed by atoms with Crippen molar-refractivity contribution in [3.05, 3.63) is 201 Å². The maximum atomic E-state index is 13.2. The summed E-state index contributed by atoms with van der Waals surface area (Å²) in [6.45, 7) is -1.96. The number of methoxy groups -OCH3 is 5. The van der Waals surface area contributed by atoms with Gasteiger partial charge in [0.15, 0.2) is 0 Å². The average molecular weight is 1970 g/mol. The smallest absolute Gasteiger partial charge is 0.336 e. The molecule has 138 heavy (non-hydrogen) atoms. The fourth-order valence-electron chi connectivity index (χ4n) is 12.4. The number of nitrogens with zero attached hydrogens (tertiary/aromatic N) is 18. The third kappa shape index (κ3) is 33.3. The average Bonchev–Trinajstić information content (AvgIpc) is 0.807. The highest BCUT2D eigenvalue weighted by Crippen LogP contribution is 2.02. The molecule has 0 aromatic carbocycles. The highest BCUT2D eigenvalue weighted by atomic mass is 16.6. The van der Waals surface area contributed by atoms with Gasteiger partial charge in [0.2, 0.25) is 0 Å². The van der Waals surface area contributed by atoms with Gasteiger partial charge < -0.3 is 72.5 Å². The lowest BCUT2D eigenvalue weighted by Gasteiger charge is -2.14. The Hall–Kier alpha value is -14.3. The molecule has 1 atom stereocenters. The van der Waals surface area contributed by atoms with E-state index in [1.54, 1.807) is 0 Å². The summed E-state index contributed by atoms with van der Waals surface area (Å²) in [5.41, 5.74) is -18.6. The molecule has 0 aliphatic carbocycles. The maximum absolute atomic E-state index is 13.2. The highest BCUT2D eigenvalue weighted by molar-refractivity contribution is 5.71. The van der Waals surface area contributed by atoms with E-state index < -0.39 is 300 Å². The van der Waals surface area contributed by atoms with Gasteiger partial charge in [-0.05, 0) is 19.8 Å². The second-order valence-corrected chi connectivity index (χ2v) is 29.2. The molecule has 768 valence electrons. The number of unbranched alkanes of at least 4 members (excludes halogenated alkanes) is 2. The molecule has 1 unspecified atom stereocenters. The number of esters is 8. The summed E-state index contributed by atoms with van der Waals surface area (Å²) in [6, 6.07) is 0. The van der Waals surface area contributed by atoms with Gasteiger partial charge >= 0.3 is 150 Å². The molecule has 4 N–H and O–H groups in total. The maximum Gasteiger partial charge on any atom is 0.336 e. The Balaban J connectivity index is 0.000000434. The van der Waals surface area contributed by atoms with Crippen LogP contribution in [0.1, 0.15) is 97.8 Å². The second kappa shape index (κ2) is 59.5. The van der Waals surface area contributed by atoms with Crippen LogP contribution in [0, 0.1) is 0 Å². The quantitative estimate of drug-likeness (QED) is 0.0119. The number of aliphatic hydroxyl groups is 4. The Labute approximate surface area is 776 Å². The molecule has 6 aromatic heterocycles. The molecule has 0 aliphatic heterocycles. The van der Waals surface area contributed by atoms with Crippen LogP contribution in [0.3, 0.4) is 0 Å². The lowest BCUT2D eigenvalue weighted by Crippen LogP contribution is -2.55. The van der Waals surface area contributed by atoms with Crippen molar-refractivity contribution < 1.29 is 111 Å². The molecule has 0 saturated carbocycles. The van der Waals surface area contributed by atoms with Gasteiger partial charge in [0, 0.05) is 73.7 Å². The molecule has 0 spiro atoms. The Morgan fingerprint density at radius 3 is 0.594 bits per heavy atom. The van der Waals surface area contributed by atoms with Crippen molar-refractivity contribution in [3.63, 3.8) is 0 Å². The lowest BCUT2D eigenvalue weighted by molar-refractivity contribution is -0.147. The number of aliphatic hydroxyl groups excluding tert-OH is 4. The Bertz CT molecular complexity index is 6350. The first-order valence-electron chi connectivity index (χ1n) is 43.1. The highest BCUT2D eigenvalue weighted by Gasteiger charge is 2.26. The fraction of sp³-hybridized carbons (Fsp3) is 0.646. The summed E-state index contributed by atoms with van der Waals surface area (Å²) >= 11 is 0. The number of hydrogen-bond acceptors (Lipinski definition) is 41. The molecule has 0 amide bonds. The van der Waals surface area contributed by atoms with E-state index in [1.165, 1.54) is 34.3 Å². The van der Waals surface area contributed by atoms with E-state index in [-0.39, 0.29) is 105 Å². The zero-order valence-electron chi connectivity index (χ0n) is 77.5. The predicted octanol–water partition coefficient (Wildman–Crippen LogP) is -12.1. The van der Waals surface area contributed by atoms with E-state index in [9.17, 15) is 145 Å². The van der Waals surface area contributed by atoms with Crippen molar-refractivity contribution in [2.45, 2.75) is 222 Å². The van der Waals surface area contributed by atoms with Gasteiger partial charge in [-0.1, -0.05) is 32.8 Å². The van der Waals surface area contributed by atoms with E-state index in [1.807, 2.05) is 13.8 Å². The number of ether oxygens (including phenoxy) is 11. The van der Waals surface area contributed by atoms with Crippen molar-refractivity contribution >= 4 is 47.8 Å². The van der Waals surface area contributed by atoms with Crippen molar-refractivity contribution in [1.82, 2.24) is 82.2 Å². The van der Waals surface area contributed by atoms with Crippen LogP contribution in [0.4, 0.5) is 0 Å². The predicted molar refractivity (Wildman–Crippen MR) is 471 cm³/mol. The number of rotatable bonds is 58. The first-order valence-corrected chi connectivity index (χ1v) is 43.1. The van der Waals surface area contributed by atoms with Gasteiger partial charge in [-0.2, -0.15) is 0 Å². The largest absolute Gasteiger partial charge is 0.469 e. The van der Waals surface area contributed by atoms with Gasteiger partial charge in [0.1, 0.15) is 26.4 Å². The number of hydrogen-bond donors (Lipinski definition) is 4. The zero-order valence-corrected chi connectivity index (χ0v) is 77.5. The summed E-state index contributed by atoms with van der Waals surface area (Å²) in [4.78, 5) is 328. The Morgan fingerprint density at radius 1 is 0.254 bits per heavy atom. The first-order chi connectivity index (χ1) is 65.7. The van der Waals surface area contributed by atoms with Gasteiger partial charge in [-0.3, -0.25) is 38.4 Å². The summed E-state index contributed by atoms with van der Waals surface area (Å²) < 4.78 is 65.5. The molecular formula is C79H116N18O41. The molecule has 0 bridgehead atoms. The lowest BCUT2D eigenvalue weighted by atomic mass is 10.3. The van der Waals surface area contributed by atoms with Crippen LogP contribution in [-0.4, -0.2) is 271 Å². The number of carbonyl (C=O) groups is 8. The molecule has 0 fully saturated rings. The van der Waals surface area contributed by atoms with Crippen LogP contribution in [-0.2, 0) is 208 Å². The minimum atomic E-state index is -1.17. The summed E-state index contributed by atoms with van der Waals surface area (Å²) in [5, 5.41) is 37.0. The van der Waals surface area contributed by atoms with E-state index in [2.05, 4.69) is 16.1 Å². The van der Waals surface area contributed by atoms with E-state index >= 15 is 0 Å². The van der Waals surface area contributed by atoms with E-state index in [0.29, 0.717) is 81.3 Å². The van der Waals surface area contributed by atoms with Crippen LogP contribution >= 0.6 is 0 Å². The van der Waals surface area contributed by atoms with Crippen LogP contribution in [0.15, 0.2) is 99.0 Å². The third-order valence-corrected chi connectivity index (χ3v) is 19.7. The van der Waals surface area contributed by atoms with Crippen molar-refractivity contribution in [3.8, 4) is 0 Å². The van der Waals surface area contributed by atoms with Crippen LogP contribution in [0.25, 0.3) is 0 Å². The van der Waals surface area contributed by atoms with Crippen molar-refractivity contribution in [1.29, 1.82) is 0 Å². The molecule has 0 saturated heterocycles. The van der Waals surface area contributed by atoms with E-state index in [4.69, 9.17) is 42.6 Å². The van der Waals surface area contributed by atoms with Crippen molar-refractivity contribution in [2.75, 3.05) is 115 Å². The zero-order chi connectivity index (χ0) is 103. The molecule has 59 heteroatoms. The Kier molecular flexibility index (Phi) is 50.0. The standard InChI is InChI=1S/C30H46N6O14.C26H38N6O15.C23H32N6O12/c1-4-6-18-48-22(38)8-11-31-25(41)32(12-9-23(39)49-19-7-5-2)27(43)33(26(31)42)13-10-24(40)50-21-16-36-29(45)34(14-17-37)28(44)35(30(36)46)15-20-47-3;1-17(34)16-47-20(37)6-9-29-22(39)27(7-4-18(35)45-3)21(38)28(23(29)40)8-5-19(36)46-15-12-32-25(42)30(10-13-33)24(41)31(26(32)43)11-14-44-2;1-4-7-24-18(33)25(8-5-16(31)40-3)20(35)26(19(24)34)9-6-17(32)41-15-12-29-22(37)27(10-13-30)21(36)28(23(29)38)11-14-39-2/h37H,4-21H2,1-3H3;17,33-34H,4-16H2,1-3H3;4,30H,1,5-15H2,2-3H3. The SMILES string of the molecule is C=CCn1c(=O)n(CCC(=O)OC)c(=O)n(CCC(=O)OCCn2c(=O)n(CCO)c(=O)n(CCOC)c2=O)c1=O.CCCCOC(=O)CCn1c(=O)n(CCC(=O)OCCCC)c(=O)n(CCC(=O)OCCn2c(=O)n(CCO)c(=O)n(CCOC)c2=O)c1=O.COCCn1c(=O)n(CCO)c(=O)n(CCOC(=O)CCn2c(=O)n(CCC(=O)OC)c(=O)n(CCC(=O)OCC(C)O)c2=O)c1=O. The van der Waals surface area contributed by atoms with Crippen LogP contribution in [0.2, 0.25) is 0 Å². The molecule has 6 aromatic rings. The summed E-state index contributed by atoms with van der Waals surface area (Å²) in [6.07, 6.45) is -0.541. The van der Waals surface area contributed by atoms with Gasteiger partial charge in [0.05, 0.1) is 190 Å². The Morgan fingerprint density at radius 2 is 0.420 bits per heavy atom. The second-order valence-electron chi connectivity index (χ2n) is 29.2. The third-order valence-electron chi connectivity index (χ3n) is 19.7. The van der Waals surface area contributed by atoms with Crippen LogP contribution < -0.4 is 102 Å². The first kappa shape index (κ1) is 116. The monoisotopic (exact) mass is 1970 g/mol. The molecule has 0 aliphatic rings. The molecule has 0 radical (unpaired) electrons. The van der Waals surface area contributed by atoms with Crippen LogP contribution in [0.5, 0.6) is 0 Å². The summed E-state index contributed by atoms with van der Waals surface area (Å²) in [5.74, 6) is -6.48. The number of allylic oxidation sites excluding steroid dienone is 1. The summed E-state index contributed by atoms with van der Waals surface area (Å²) in [7, 11) is 6.26. The topological polar surface area (TPSA) is 715 Å². The fourth-order valence-corrected chi connectivity index (χ4v) is 12.4. The number of carbonyl (C=O) groups excluding carboxylic acids is 8. The van der Waals surface area contributed by atoms with Gasteiger partial charge in [-0.15, -0.1) is 6.58 Å². The van der Waals surface area contributed by atoms with Gasteiger partial charge in [-0.25, -0.2) is 169 Å². The van der Waals surface area contributed by atoms with Crippen molar-refractivity contribution in [2.24, 2.45) is 0 Å². The molecule has 6 rings (SSSR count). The molecular weight excluding hydrogens is 1860 g/mol.